The summed E-state index contributed by atoms with van der Waals surface area (Å²) in [5.41, 5.74) is 10.1. The van der Waals surface area contributed by atoms with Crippen LogP contribution < -0.4 is 5.73 Å². The van der Waals surface area contributed by atoms with Crippen LogP contribution in [0, 0.1) is 6.92 Å². The van der Waals surface area contributed by atoms with Crippen molar-refractivity contribution in [2.45, 2.75) is 23.5 Å². The van der Waals surface area contributed by atoms with Gasteiger partial charge in [0.2, 0.25) is 0 Å². The van der Waals surface area contributed by atoms with Gasteiger partial charge in [-0.2, -0.15) is 0 Å². The lowest BCUT2D eigenvalue weighted by Crippen LogP contribution is -1.96. The standard InChI is InChI=1S/C15H14BrN3S/c1-9-2-5-13-14(6-9)19-15(18-13)20-11-4-3-10(8-17)12(16)7-11/h2-7H,8,17H2,1H3,(H,18,19). The second-order valence-electron chi connectivity index (χ2n) is 4.62. The van der Waals surface area contributed by atoms with Gasteiger partial charge in [0.15, 0.2) is 5.16 Å². The molecule has 3 nitrogen and oxygen atoms in total. The molecule has 20 heavy (non-hydrogen) atoms. The van der Waals surface area contributed by atoms with Crippen LogP contribution in [-0.2, 0) is 6.54 Å². The SMILES string of the molecule is Cc1ccc2nc(Sc3ccc(CN)c(Br)c3)[nH]c2c1. The lowest BCUT2D eigenvalue weighted by Gasteiger charge is -2.03. The summed E-state index contributed by atoms with van der Waals surface area (Å²) in [4.78, 5) is 9.06. The molecule has 3 N–H and O–H groups in total. The van der Waals surface area contributed by atoms with Crippen LogP contribution >= 0.6 is 27.7 Å². The monoisotopic (exact) mass is 347 g/mol. The van der Waals surface area contributed by atoms with Crippen LogP contribution in [0.4, 0.5) is 0 Å². The van der Waals surface area contributed by atoms with Gasteiger partial charge in [0.25, 0.3) is 0 Å². The van der Waals surface area contributed by atoms with Crippen LogP contribution in [0.2, 0.25) is 0 Å². The Kier molecular flexibility index (Phi) is 3.83. The second-order valence-corrected chi connectivity index (χ2v) is 6.54. The Labute approximate surface area is 130 Å². The van der Waals surface area contributed by atoms with Gasteiger partial charge in [-0.3, -0.25) is 0 Å². The molecular formula is C15H14BrN3S. The topological polar surface area (TPSA) is 54.7 Å². The minimum absolute atomic E-state index is 0.537. The molecule has 0 saturated carbocycles. The Morgan fingerprint density at radius 1 is 1.25 bits per heavy atom. The third-order valence-electron chi connectivity index (χ3n) is 3.07. The first-order chi connectivity index (χ1) is 9.65. The van der Waals surface area contributed by atoms with E-state index >= 15 is 0 Å². The number of hydrogen-bond acceptors (Lipinski definition) is 3. The molecule has 0 saturated heterocycles. The molecule has 3 aromatic rings. The molecule has 0 aliphatic carbocycles. The van der Waals surface area contributed by atoms with Crippen LogP contribution in [0.5, 0.6) is 0 Å². The number of nitrogens with two attached hydrogens (primary N) is 1. The highest BCUT2D eigenvalue weighted by molar-refractivity contribution is 9.10. The predicted octanol–water partition coefficient (Wildman–Crippen LogP) is 4.24. The normalized spacial score (nSPS) is 11.2. The van der Waals surface area contributed by atoms with E-state index in [2.05, 4.69) is 57.1 Å². The maximum atomic E-state index is 5.66. The van der Waals surface area contributed by atoms with Crippen molar-refractivity contribution in [3.63, 3.8) is 0 Å². The van der Waals surface area contributed by atoms with Crippen LogP contribution in [-0.4, -0.2) is 9.97 Å². The lowest BCUT2D eigenvalue weighted by molar-refractivity contribution is 1.05. The van der Waals surface area contributed by atoms with E-state index in [1.165, 1.54) is 5.56 Å². The largest absolute Gasteiger partial charge is 0.333 e. The van der Waals surface area contributed by atoms with E-state index in [1.807, 2.05) is 12.1 Å². The zero-order chi connectivity index (χ0) is 14.1. The molecule has 2 aromatic carbocycles. The maximum Gasteiger partial charge on any atom is 0.171 e. The second kappa shape index (κ2) is 5.60. The number of nitrogens with zero attached hydrogens (tertiary/aromatic N) is 1. The molecule has 3 rings (SSSR count). The van der Waals surface area contributed by atoms with Crippen molar-refractivity contribution in [3.05, 3.63) is 52.0 Å². The molecule has 0 aliphatic rings. The van der Waals surface area contributed by atoms with Crippen molar-refractivity contribution >= 4 is 38.7 Å². The first kappa shape index (κ1) is 13.7. The summed E-state index contributed by atoms with van der Waals surface area (Å²) in [5.74, 6) is 0. The summed E-state index contributed by atoms with van der Waals surface area (Å²) in [5, 5.41) is 0.901. The molecular weight excluding hydrogens is 334 g/mol. The van der Waals surface area contributed by atoms with E-state index in [0.717, 1.165) is 31.1 Å². The lowest BCUT2D eigenvalue weighted by atomic mass is 10.2. The van der Waals surface area contributed by atoms with E-state index in [9.17, 15) is 0 Å². The number of nitrogens with one attached hydrogen (secondary N) is 1. The smallest absolute Gasteiger partial charge is 0.171 e. The number of aryl methyl sites for hydroxylation is 1. The van der Waals surface area contributed by atoms with Gasteiger partial charge in [-0.1, -0.05) is 39.8 Å². The fourth-order valence-electron chi connectivity index (χ4n) is 2.02. The van der Waals surface area contributed by atoms with E-state index in [1.54, 1.807) is 11.8 Å². The molecule has 102 valence electrons. The summed E-state index contributed by atoms with van der Waals surface area (Å²) in [6.07, 6.45) is 0. The molecule has 1 aromatic heterocycles. The van der Waals surface area contributed by atoms with E-state index in [0.29, 0.717) is 6.54 Å². The fraction of sp³-hybridized carbons (Fsp3) is 0.133. The first-order valence-electron chi connectivity index (χ1n) is 6.28. The first-order valence-corrected chi connectivity index (χ1v) is 7.89. The van der Waals surface area contributed by atoms with Gasteiger partial charge >= 0.3 is 0 Å². The highest BCUT2D eigenvalue weighted by atomic mass is 79.9. The Morgan fingerprint density at radius 3 is 2.85 bits per heavy atom. The summed E-state index contributed by atoms with van der Waals surface area (Å²) < 4.78 is 1.04. The number of rotatable bonds is 3. The number of imidazole rings is 1. The number of aromatic nitrogens is 2. The van der Waals surface area contributed by atoms with E-state index < -0.39 is 0 Å². The maximum absolute atomic E-state index is 5.66. The van der Waals surface area contributed by atoms with E-state index in [4.69, 9.17) is 5.73 Å². The summed E-state index contributed by atoms with van der Waals surface area (Å²) >= 11 is 5.16. The van der Waals surface area contributed by atoms with Gasteiger partial charge in [-0.15, -0.1) is 0 Å². The van der Waals surface area contributed by atoms with Crippen molar-refractivity contribution in [1.29, 1.82) is 0 Å². The summed E-state index contributed by atoms with van der Waals surface area (Å²) in [7, 11) is 0. The molecule has 0 atom stereocenters. The van der Waals surface area contributed by atoms with Gasteiger partial charge in [0.1, 0.15) is 0 Å². The minimum Gasteiger partial charge on any atom is -0.333 e. The van der Waals surface area contributed by atoms with Gasteiger partial charge in [-0.05, 0) is 42.3 Å². The Morgan fingerprint density at radius 2 is 2.10 bits per heavy atom. The predicted molar refractivity (Wildman–Crippen MR) is 87.0 cm³/mol. The molecule has 1 heterocycles. The molecule has 0 amide bonds. The van der Waals surface area contributed by atoms with Crippen molar-refractivity contribution in [2.24, 2.45) is 5.73 Å². The molecule has 0 spiro atoms. The molecule has 0 fully saturated rings. The molecule has 0 radical (unpaired) electrons. The zero-order valence-corrected chi connectivity index (χ0v) is 13.4. The number of hydrogen-bond donors (Lipinski definition) is 2. The van der Waals surface area contributed by atoms with Gasteiger partial charge in [0.05, 0.1) is 11.0 Å². The van der Waals surface area contributed by atoms with Crippen molar-refractivity contribution in [3.8, 4) is 0 Å². The minimum atomic E-state index is 0.537. The summed E-state index contributed by atoms with van der Waals surface area (Å²) in [6, 6.07) is 12.4. The number of fused-ring (bicyclic) bond motifs is 1. The average molecular weight is 348 g/mol. The van der Waals surface area contributed by atoms with Crippen LogP contribution in [0.25, 0.3) is 11.0 Å². The van der Waals surface area contributed by atoms with Crippen LogP contribution in [0.15, 0.2) is 50.9 Å². The zero-order valence-electron chi connectivity index (χ0n) is 11.0. The number of aromatic amines is 1. The molecule has 0 unspecified atom stereocenters. The quantitative estimate of drug-likeness (QED) is 0.744. The number of H-pyrrole nitrogens is 1. The van der Waals surface area contributed by atoms with Crippen molar-refractivity contribution in [2.75, 3.05) is 0 Å². The van der Waals surface area contributed by atoms with Crippen LogP contribution in [0.1, 0.15) is 11.1 Å². The van der Waals surface area contributed by atoms with Gasteiger partial charge in [-0.25, -0.2) is 4.98 Å². The Bertz CT molecular complexity index is 767. The molecule has 0 aliphatic heterocycles. The molecule has 5 heteroatoms. The van der Waals surface area contributed by atoms with Crippen molar-refractivity contribution in [1.82, 2.24) is 9.97 Å². The highest BCUT2D eigenvalue weighted by Crippen LogP contribution is 2.30. The fourth-order valence-corrected chi connectivity index (χ4v) is 3.55. The van der Waals surface area contributed by atoms with Gasteiger partial charge < -0.3 is 10.7 Å². The molecule has 0 bridgehead atoms. The van der Waals surface area contributed by atoms with Crippen molar-refractivity contribution < 1.29 is 0 Å². The highest BCUT2D eigenvalue weighted by Gasteiger charge is 2.06. The number of halogens is 1. The van der Waals surface area contributed by atoms with E-state index in [-0.39, 0.29) is 0 Å². The Balaban J connectivity index is 1.90. The average Bonchev–Trinajstić information content (AvgIpc) is 2.80. The number of benzene rings is 2. The van der Waals surface area contributed by atoms with Gasteiger partial charge in [0, 0.05) is 15.9 Å². The van der Waals surface area contributed by atoms with Crippen LogP contribution in [0.3, 0.4) is 0 Å². The summed E-state index contributed by atoms with van der Waals surface area (Å²) in [6.45, 7) is 2.62. The third kappa shape index (κ3) is 2.75. The third-order valence-corrected chi connectivity index (χ3v) is 4.69. The Hall–Kier alpha value is -1.30.